The summed E-state index contributed by atoms with van der Waals surface area (Å²) >= 11 is 3.36. The highest BCUT2D eigenvalue weighted by Gasteiger charge is 2.25. The second-order valence-electron chi connectivity index (χ2n) is 9.35. The first-order chi connectivity index (χ1) is 17.5. The molecule has 0 aliphatic carbocycles. The summed E-state index contributed by atoms with van der Waals surface area (Å²) in [6.07, 6.45) is 18.5. The Bertz CT molecular complexity index is 891. The fourth-order valence-electron chi connectivity index (χ4n) is 4.08. The molecule has 36 heavy (non-hydrogen) atoms. The van der Waals surface area contributed by atoms with E-state index in [9.17, 15) is 9.46 Å². The van der Waals surface area contributed by atoms with Gasteiger partial charge in [-0.3, -0.25) is 4.89 Å². The molecule has 0 aliphatic heterocycles. The van der Waals surface area contributed by atoms with E-state index in [1.807, 2.05) is 12.1 Å². The van der Waals surface area contributed by atoms with Crippen LogP contribution in [-0.4, -0.2) is 11.5 Å². The van der Waals surface area contributed by atoms with Crippen LogP contribution < -0.4 is 13.8 Å². The number of alkyl halides is 1. The number of phosphoric ester groups is 1. The number of unbranched alkanes of at least 4 members (excludes halogenated alkanes) is 13. The van der Waals surface area contributed by atoms with E-state index in [1.54, 1.807) is 36.4 Å². The predicted molar refractivity (Wildman–Crippen MR) is 152 cm³/mol. The van der Waals surface area contributed by atoms with Gasteiger partial charge in [0.25, 0.3) is 0 Å². The molecule has 202 valence electrons. The summed E-state index contributed by atoms with van der Waals surface area (Å²) in [7, 11) is -4.32. The highest BCUT2D eigenvalue weighted by molar-refractivity contribution is 9.08. The van der Waals surface area contributed by atoms with Gasteiger partial charge in [-0.1, -0.05) is 125 Å². The summed E-state index contributed by atoms with van der Waals surface area (Å²) in [6.45, 7) is 2.89. The lowest BCUT2D eigenvalue weighted by Gasteiger charge is -2.15. The van der Waals surface area contributed by atoms with Crippen LogP contribution in [0.25, 0.3) is 0 Å². The molecule has 0 amide bonds. The van der Waals surface area contributed by atoms with E-state index >= 15 is 0 Å². The average molecular weight is 584 g/mol. The van der Waals surface area contributed by atoms with E-state index in [0.29, 0.717) is 17.7 Å². The molecule has 0 saturated carbocycles. The van der Waals surface area contributed by atoms with Crippen molar-refractivity contribution in [1.82, 2.24) is 0 Å². The summed E-state index contributed by atoms with van der Waals surface area (Å²) in [6, 6.07) is 13.7. The standard InChI is InChI=1S/C29H44BrO5P/c1-2-3-4-5-6-7-8-9-10-11-12-13-14-15-22-33-27-19-17-21-29(24-27)35-36(31,32)34-28-20-16-18-26(23-28)25-30/h16-21,23-24H,2-15,22,25H2,1H3,(H,31,32). The van der Waals surface area contributed by atoms with Crippen LogP contribution in [0.15, 0.2) is 48.5 Å². The Morgan fingerprint density at radius 3 is 1.72 bits per heavy atom. The van der Waals surface area contributed by atoms with Crippen molar-refractivity contribution in [2.75, 3.05) is 6.61 Å². The van der Waals surface area contributed by atoms with Crippen LogP contribution in [0.3, 0.4) is 0 Å². The van der Waals surface area contributed by atoms with E-state index < -0.39 is 7.82 Å². The van der Waals surface area contributed by atoms with Gasteiger partial charge < -0.3 is 13.8 Å². The highest BCUT2D eigenvalue weighted by atomic mass is 79.9. The monoisotopic (exact) mass is 582 g/mol. The Labute approximate surface area is 226 Å². The first-order valence-electron chi connectivity index (χ1n) is 13.6. The van der Waals surface area contributed by atoms with Gasteiger partial charge in [-0.25, -0.2) is 4.57 Å². The molecule has 0 saturated heterocycles. The summed E-state index contributed by atoms with van der Waals surface area (Å²) < 4.78 is 28.7. The highest BCUT2D eigenvalue weighted by Crippen LogP contribution is 2.45. The summed E-state index contributed by atoms with van der Waals surface area (Å²) in [5.74, 6) is 1.13. The number of benzene rings is 2. The van der Waals surface area contributed by atoms with Crippen LogP contribution in [0.5, 0.6) is 17.2 Å². The lowest BCUT2D eigenvalue weighted by Crippen LogP contribution is -2.01. The Hall–Kier alpha value is -1.49. The van der Waals surface area contributed by atoms with Gasteiger partial charge in [-0.05, 0) is 36.2 Å². The SMILES string of the molecule is CCCCCCCCCCCCCCCCOc1cccc(OP(=O)(O)Oc2cccc(CBr)c2)c1. The van der Waals surface area contributed by atoms with Gasteiger partial charge in [0.15, 0.2) is 0 Å². The number of hydrogen-bond acceptors (Lipinski definition) is 4. The lowest BCUT2D eigenvalue weighted by atomic mass is 10.0. The minimum atomic E-state index is -4.32. The summed E-state index contributed by atoms with van der Waals surface area (Å²) in [5.41, 5.74) is 0.936. The maximum absolute atomic E-state index is 12.4. The van der Waals surface area contributed by atoms with Crippen LogP contribution in [0.1, 0.15) is 102 Å². The average Bonchev–Trinajstić information content (AvgIpc) is 2.86. The van der Waals surface area contributed by atoms with Gasteiger partial charge in [0.05, 0.1) is 6.61 Å². The second-order valence-corrected chi connectivity index (χ2v) is 11.2. The van der Waals surface area contributed by atoms with Crippen molar-refractivity contribution in [2.45, 2.75) is 102 Å². The van der Waals surface area contributed by atoms with Crippen LogP contribution in [-0.2, 0) is 9.90 Å². The van der Waals surface area contributed by atoms with E-state index in [1.165, 1.54) is 77.0 Å². The van der Waals surface area contributed by atoms with Gasteiger partial charge in [0, 0.05) is 11.4 Å². The Balaban J connectivity index is 1.55. The fourth-order valence-corrected chi connectivity index (χ4v) is 5.22. The molecule has 0 bridgehead atoms. The van der Waals surface area contributed by atoms with Gasteiger partial charge in [0.1, 0.15) is 17.2 Å². The van der Waals surface area contributed by atoms with Crippen molar-refractivity contribution in [1.29, 1.82) is 0 Å². The molecule has 2 rings (SSSR count). The zero-order valence-corrected chi connectivity index (χ0v) is 24.3. The van der Waals surface area contributed by atoms with Crippen LogP contribution >= 0.6 is 23.8 Å². The molecule has 2 aromatic carbocycles. The number of rotatable bonds is 21. The van der Waals surface area contributed by atoms with Crippen molar-refractivity contribution < 1.29 is 23.2 Å². The van der Waals surface area contributed by atoms with Gasteiger partial charge in [-0.15, -0.1) is 0 Å². The summed E-state index contributed by atoms with van der Waals surface area (Å²) in [5, 5.41) is 0.624. The molecular formula is C29H44BrO5P. The van der Waals surface area contributed by atoms with Crippen molar-refractivity contribution in [3.63, 3.8) is 0 Å². The quantitative estimate of drug-likeness (QED) is 0.0900. The molecule has 1 N–H and O–H groups in total. The predicted octanol–water partition coefficient (Wildman–Crippen LogP) is 10.00. The van der Waals surface area contributed by atoms with Crippen LogP contribution in [0, 0.1) is 0 Å². The van der Waals surface area contributed by atoms with E-state index in [2.05, 4.69) is 22.9 Å². The summed E-state index contributed by atoms with van der Waals surface area (Å²) in [4.78, 5) is 10.2. The largest absolute Gasteiger partial charge is 0.584 e. The van der Waals surface area contributed by atoms with Crippen molar-refractivity contribution in [3.05, 3.63) is 54.1 Å². The van der Waals surface area contributed by atoms with Crippen LogP contribution in [0.4, 0.5) is 0 Å². The van der Waals surface area contributed by atoms with Crippen LogP contribution in [0.2, 0.25) is 0 Å². The topological polar surface area (TPSA) is 65.0 Å². The molecule has 0 fully saturated rings. The molecule has 0 aliphatic rings. The van der Waals surface area contributed by atoms with Gasteiger partial charge in [0.2, 0.25) is 0 Å². The first kappa shape index (κ1) is 30.7. The zero-order valence-electron chi connectivity index (χ0n) is 21.8. The normalized spacial score (nSPS) is 12.8. The maximum atomic E-state index is 12.4. The molecule has 0 spiro atoms. The first-order valence-corrected chi connectivity index (χ1v) is 16.2. The molecule has 5 nitrogen and oxygen atoms in total. The fraction of sp³-hybridized carbons (Fsp3) is 0.586. The second kappa shape index (κ2) is 18.7. The third-order valence-electron chi connectivity index (χ3n) is 6.07. The molecule has 1 unspecified atom stereocenters. The molecule has 0 radical (unpaired) electrons. The molecule has 7 heteroatoms. The molecule has 0 heterocycles. The van der Waals surface area contributed by atoms with Crippen molar-refractivity contribution in [3.8, 4) is 17.2 Å². The minimum Gasteiger partial charge on any atom is -0.493 e. The van der Waals surface area contributed by atoms with E-state index in [4.69, 9.17) is 13.8 Å². The number of hydrogen-bond donors (Lipinski definition) is 1. The lowest BCUT2D eigenvalue weighted by molar-refractivity contribution is 0.287. The zero-order chi connectivity index (χ0) is 25.9. The third kappa shape index (κ3) is 14.3. The van der Waals surface area contributed by atoms with E-state index in [-0.39, 0.29) is 11.5 Å². The van der Waals surface area contributed by atoms with E-state index in [0.717, 1.165) is 18.4 Å². The number of phosphoric acid groups is 1. The Kier molecular flexibility index (Phi) is 16.0. The van der Waals surface area contributed by atoms with Gasteiger partial charge >= 0.3 is 7.82 Å². The third-order valence-corrected chi connectivity index (χ3v) is 7.60. The maximum Gasteiger partial charge on any atom is 0.584 e. The molecule has 2 aromatic rings. The van der Waals surface area contributed by atoms with Crippen molar-refractivity contribution >= 4 is 23.8 Å². The molecule has 1 atom stereocenters. The smallest absolute Gasteiger partial charge is 0.493 e. The minimum absolute atomic E-state index is 0.232. The Morgan fingerprint density at radius 1 is 0.694 bits per heavy atom. The van der Waals surface area contributed by atoms with Crippen molar-refractivity contribution in [2.24, 2.45) is 0 Å². The molecule has 0 aromatic heterocycles. The molecular weight excluding hydrogens is 539 g/mol. The number of ether oxygens (including phenoxy) is 1. The Morgan fingerprint density at radius 2 is 1.17 bits per heavy atom. The number of halogens is 1. The van der Waals surface area contributed by atoms with Gasteiger partial charge in [-0.2, -0.15) is 0 Å².